The number of halogens is 2. The number of hydrogen-bond acceptors (Lipinski definition) is 24. The van der Waals surface area contributed by atoms with Crippen LogP contribution in [0.5, 0.6) is 69.0 Å². The molecule has 104 heavy (non-hydrogen) atoms. The van der Waals surface area contributed by atoms with Crippen molar-refractivity contribution in [3.8, 4) is 80.1 Å². The maximum Gasteiger partial charge on any atom is 0.408 e. The summed E-state index contributed by atoms with van der Waals surface area (Å²) < 4.78 is 47.1. The highest BCUT2D eigenvalue weighted by atomic mass is 35.5. The number of ether oxygens (including phenoxy) is 8. The number of alkyl carbamates (subject to hydrolysis) is 1. The van der Waals surface area contributed by atoms with Crippen LogP contribution >= 0.6 is 23.2 Å². The number of benzene rings is 7. The molecule has 8 heterocycles. The van der Waals surface area contributed by atoms with E-state index in [4.69, 9.17) is 61.1 Å². The molecule has 17 bridgehead atoms. The Bertz CT molecular complexity index is 4800. The molecule has 8 aliphatic heterocycles. The molecule has 2 fully saturated rings. The molecule has 0 saturated carbocycles. The van der Waals surface area contributed by atoms with Crippen LogP contribution in [0.4, 0.5) is 4.79 Å². The van der Waals surface area contributed by atoms with Gasteiger partial charge >= 0.3 is 24.0 Å². The van der Waals surface area contributed by atoms with Crippen LogP contribution in [0.3, 0.4) is 0 Å². The number of aromatic hydroxyl groups is 5. The van der Waals surface area contributed by atoms with Gasteiger partial charge in [-0.3, -0.25) is 28.8 Å². The summed E-state index contributed by atoms with van der Waals surface area (Å²) in [5.74, 6) is -16.8. The van der Waals surface area contributed by atoms with Crippen LogP contribution in [0, 0.1) is 0 Å². The van der Waals surface area contributed by atoms with Gasteiger partial charge in [0.2, 0.25) is 47.3 Å². The molecule has 15 rings (SSSR count). The third kappa shape index (κ3) is 14.5. The molecule has 2 unspecified atom stereocenters. The highest BCUT2D eigenvalue weighted by Crippen LogP contribution is 2.50. The topological polar surface area (TPSA) is 450 Å². The second-order valence-electron chi connectivity index (χ2n) is 25.8. The van der Waals surface area contributed by atoms with Crippen LogP contribution in [0.25, 0.3) is 11.1 Å². The summed E-state index contributed by atoms with van der Waals surface area (Å²) in [5.41, 5.74) is -3.57. The summed E-state index contributed by atoms with van der Waals surface area (Å²) in [4.78, 5) is 148. The van der Waals surface area contributed by atoms with E-state index >= 15 is 24.0 Å². The molecule has 7 aromatic carbocycles. The normalized spacial score (nSPS) is 23.0. The van der Waals surface area contributed by atoms with Gasteiger partial charge in [-0.25, -0.2) is 19.2 Å². The zero-order chi connectivity index (χ0) is 73.9. The number of carbonyl (C=O) groups excluding carboxylic acids is 10. The Labute approximate surface area is 597 Å². The molecule has 0 spiro atoms. The number of esters is 3. The van der Waals surface area contributed by atoms with Crippen molar-refractivity contribution in [3.05, 3.63) is 164 Å². The number of aliphatic hydroxyl groups is 1. The van der Waals surface area contributed by atoms with Gasteiger partial charge in [0.05, 0.1) is 23.3 Å². The van der Waals surface area contributed by atoms with Crippen molar-refractivity contribution < 1.29 is 116 Å². The standard InChI is InChI=1S/C71H61Cl2N7O24/c1-71(2,3)104-70(96)80-54-30-6-9-43(84)49(22-30)99-36-19-32(18-34(81)25-36)55-64(90)77-56-33-23-50(100-45-10-4-28(16-39(45)72)17-41(61(87)75-55)74-62(54)88)60(102-47-12-14-97-67(47)93)51(24-33)101-46-11-7-31(21-40(46)73)59(86)58-66(92)78-57(69(95)103-48-13-15-98-68(48)94)38-26-35(82)27-44(85)52(38)37-20-29(5-8-42(37)83)53(63(89)79-58)76-65(56)91/h4-11,16,18-27,41,47-48,53-59,81-86H,12-15,17H2,1-3H3,(H,74,88)(H,75,87)(H,76,91)(H,77,90)(H,78,92)(H,79,89)(H,80,96)/t41-,47?,48?,53-,54-,55+,56-,57-,58+,59-/m1/s1. The molecule has 7 amide bonds. The lowest BCUT2D eigenvalue weighted by Gasteiger charge is -2.31. The van der Waals surface area contributed by atoms with Gasteiger partial charge in [0.15, 0.2) is 35.1 Å². The Kier molecular flexibility index (Phi) is 18.9. The summed E-state index contributed by atoms with van der Waals surface area (Å²) >= 11 is 14.2. The fraction of sp³-hybridized carbons (Fsp3) is 0.268. The number of rotatable bonds is 5. The number of amides is 7. The number of cyclic esters (lactones) is 2. The lowest BCUT2D eigenvalue weighted by molar-refractivity contribution is -0.162. The first-order valence-electron chi connectivity index (χ1n) is 32.0. The summed E-state index contributed by atoms with van der Waals surface area (Å²) in [6.45, 7) is 4.43. The van der Waals surface area contributed by atoms with Gasteiger partial charge < -0.3 is 106 Å². The first kappa shape index (κ1) is 70.2. The highest BCUT2D eigenvalue weighted by Gasteiger charge is 2.44. The van der Waals surface area contributed by atoms with Crippen molar-refractivity contribution in [1.29, 1.82) is 0 Å². The number of aliphatic hydroxyl groups excluding tert-OH is 1. The Morgan fingerprint density at radius 3 is 1.77 bits per heavy atom. The smallest absolute Gasteiger partial charge is 0.408 e. The van der Waals surface area contributed by atoms with Crippen LogP contribution in [-0.4, -0.2) is 133 Å². The first-order chi connectivity index (χ1) is 49.5. The number of phenolic OH excluding ortho intramolecular Hbond substituents is 5. The largest absolute Gasteiger partial charge is 0.508 e. The molecule has 31 nitrogen and oxygen atoms in total. The van der Waals surface area contributed by atoms with Gasteiger partial charge in [-0.1, -0.05) is 47.5 Å². The summed E-state index contributed by atoms with van der Waals surface area (Å²) in [7, 11) is 0. The number of phenols is 5. The van der Waals surface area contributed by atoms with Gasteiger partial charge in [0.1, 0.15) is 88.2 Å². The predicted molar refractivity (Wildman–Crippen MR) is 356 cm³/mol. The van der Waals surface area contributed by atoms with Crippen LogP contribution in [-0.2, 0) is 68.5 Å². The molecule has 538 valence electrons. The van der Waals surface area contributed by atoms with Gasteiger partial charge in [-0.15, -0.1) is 0 Å². The Morgan fingerprint density at radius 1 is 0.529 bits per heavy atom. The second kappa shape index (κ2) is 28.0. The number of carbonyl (C=O) groups is 10. The number of hydrogen-bond donors (Lipinski definition) is 13. The van der Waals surface area contributed by atoms with Crippen molar-refractivity contribution in [1.82, 2.24) is 37.2 Å². The maximum absolute atomic E-state index is 16.2. The van der Waals surface area contributed by atoms with E-state index in [9.17, 15) is 54.6 Å². The van der Waals surface area contributed by atoms with Crippen LogP contribution in [0.2, 0.25) is 10.0 Å². The van der Waals surface area contributed by atoms with Crippen LogP contribution in [0.1, 0.15) is 109 Å². The lowest BCUT2D eigenvalue weighted by atomic mass is 9.89. The Hall–Kier alpha value is -12.2. The minimum absolute atomic E-state index is 0.0238. The molecule has 8 aliphatic rings. The zero-order valence-electron chi connectivity index (χ0n) is 54.6. The molecule has 13 N–H and O–H groups in total. The van der Waals surface area contributed by atoms with Gasteiger partial charge in [0, 0.05) is 48.1 Å². The SMILES string of the molecule is CC(C)(C)OC(=O)N[C@H]1C(=O)N[C@@H]2Cc3ccc(c(Cl)c3)Oc3cc4cc(c3OC3CCOC3=O)Oc3ccc(cc3Cl)[C@@H](O)[C@@H]3NC(=O)[C@H](NC(=O)[C@@H]4NC(=O)[C@@H](NC2=O)c2cc(O)cc(c2)Oc2cc1ccc2O)c1ccc(O)c(c1)-c1c(O)cc(O)cc1[C@H](C(=O)OC1CCOC1=O)NC3=O. The summed E-state index contributed by atoms with van der Waals surface area (Å²) in [6.07, 6.45) is -6.86. The third-order valence-electron chi connectivity index (χ3n) is 17.3. The molecule has 0 radical (unpaired) electrons. The molecular formula is C71H61Cl2N7O24. The third-order valence-corrected chi connectivity index (χ3v) is 17.9. The number of nitrogens with one attached hydrogen (secondary N) is 7. The quantitative estimate of drug-likeness (QED) is 0.0662. The minimum atomic E-state index is -2.28. The van der Waals surface area contributed by atoms with Gasteiger partial charge in [-0.05, 0) is 133 Å². The predicted octanol–water partition coefficient (Wildman–Crippen LogP) is 6.31. The molecule has 10 atom stereocenters. The van der Waals surface area contributed by atoms with E-state index in [2.05, 4.69) is 37.2 Å². The van der Waals surface area contributed by atoms with E-state index in [0.717, 1.165) is 66.7 Å². The summed E-state index contributed by atoms with van der Waals surface area (Å²) in [6, 6.07) is 7.21. The van der Waals surface area contributed by atoms with E-state index in [1.165, 1.54) is 48.5 Å². The average Bonchev–Trinajstić information content (AvgIpc) is 0.833. The molecular weight excluding hydrogens is 1410 g/mol. The fourth-order valence-electron chi connectivity index (χ4n) is 12.4. The maximum atomic E-state index is 16.2. The van der Waals surface area contributed by atoms with E-state index in [1.807, 2.05) is 0 Å². The van der Waals surface area contributed by atoms with Gasteiger partial charge in [0.25, 0.3) is 0 Å². The van der Waals surface area contributed by atoms with Crippen molar-refractivity contribution >= 4 is 82.6 Å². The van der Waals surface area contributed by atoms with Crippen molar-refractivity contribution in [2.75, 3.05) is 13.2 Å². The van der Waals surface area contributed by atoms with E-state index in [1.54, 1.807) is 20.8 Å². The molecule has 0 aliphatic carbocycles. The van der Waals surface area contributed by atoms with E-state index < -0.39 is 195 Å². The molecule has 0 aromatic heterocycles. The van der Waals surface area contributed by atoms with E-state index in [-0.39, 0.29) is 92.5 Å². The first-order valence-corrected chi connectivity index (χ1v) is 32.8. The van der Waals surface area contributed by atoms with Crippen molar-refractivity contribution in [3.63, 3.8) is 0 Å². The average molecular weight is 1470 g/mol. The number of fused-ring (bicyclic) bond motifs is 14. The molecule has 2 saturated heterocycles. The summed E-state index contributed by atoms with van der Waals surface area (Å²) in [5, 5.41) is 87.3. The highest BCUT2D eigenvalue weighted by molar-refractivity contribution is 6.32. The van der Waals surface area contributed by atoms with Crippen LogP contribution < -0.4 is 56.2 Å². The van der Waals surface area contributed by atoms with Crippen molar-refractivity contribution in [2.45, 2.75) is 106 Å². The van der Waals surface area contributed by atoms with Crippen LogP contribution in [0.15, 0.2) is 115 Å². The monoisotopic (exact) mass is 1470 g/mol. The lowest BCUT2D eigenvalue weighted by Crippen LogP contribution is -2.55. The Morgan fingerprint density at radius 2 is 1.12 bits per heavy atom. The zero-order valence-corrected chi connectivity index (χ0v) is 56.1. The second-order valence-corrected chi connectivity index (χ2v) is 26.6. The molecule has 33 heteroatoms. The Balaban J connectivity index is 1.03. The van der Waals surface area contributed by atoms with E-state index in [0.29, 0.717) is 0 Å². The fourth-order valence-corrected chi connectivity index (χ4v) is 12.9. The molecule has 7 aromatic rings. The minimum Gasteiger partial charge on any atom is -0.508 e. The van der Waals surface area contributed by atoms with Gasteiger partial charge in [-0.2, -0.15) is 0 Å². The van der Waals surface area contributed by atoms with Crippen molar-refractivity contribution in [2.24, 2.45) is 0 Å².